The van der Waals surface area contributed by atoms with E-state index in [1.54, 1.807) is 0 Å². The molecule has 1 aliphatic heterocycles. The van der Waals surface area contributed by atoms with Gasteiger partial charge in [0.2, 0.25) is 0 Å². The summed E-state index contributed by atoms with van der Waals surface area (Å²) < 4.78 is 0. The molecule has 118 valence electrons. The van der Waals surface area contributed by atoms with Crippen LogP contribution in [0.4, 0.5) is 5.82 Å². The number of aromatic nitrogens is 1. The fourth-order valence-corrected chi connectivity index (χ4v) is 3.16. The third kappa shape index (κ3) is 4.42. The van der Waals surface area contributed by atoms with Crippen LogP contribution in [0.1, 0.15) is 51.1 Å². The van der Waals surface area contributed by atoms with E-state index in [2.05, 4.69) is 35.1 Å². The van der Waals surface area contributed by atoms with Gasteiger partial charge in [-0.3, -0.25) is 0 Å². The molecule has 1 fully saturated rings. The SMILES string of the molecule is CCCNC(C)c1cccnc1N1CCCC(CCO)C1. The molecule has 1 aliphatic rings. The summed E-state index contributed by atoms with van der Waals surface area (Å²) in [4.78, 5) is 7.06. The monoisotopic (exact) mass is 291 g/mol. The van der Waals surface area contributed by atoms with Gasteiger partial charge in [0, 0.05) is 37.5 Å². The normalized spacial score (nSPS) is 20.5. The molecule has 1 aromatic heterocycles. The average Bonchev–Trinajstić information content (AvgIpc) is 2.53. The Labute approximate surface area is 128 Å². The van der Waals surface area contributed by atoms with Crippen molar-refractivity contribution in [2.24, 2.45) is 5.92 Å². The third-order valence-corrected chi connectivity index (χ3v) is 4.34. The molecule has 2 rings (SSSR count). The van der Waals surface area contributed by atoms with Crippen LogP contribution < -0.4 is 10.2 Å². The summed E-state index contributed by atoms with van der Waals surface area (Å²) in [5.74, 6) is 1.72. The van der Waals surface area contributed by atoms with Gasteiger partial charge in [0.1, 0.15) is 5.82 Å². The van der Waals surface area contributed by atoms with E-state index >= 15 is 0 Å². The molecule has 4 heteroatoms. The molecule has 0 bridgehead atoms. The van der Waals surface area contributed by atoms with E-state index < -0.39 is 0 Å². The maximum atomic E-state index is 9.17. The van der Waals surface area contributed by atoms with E-state index in [-0.39, 0.29) is 0 Å². The molecule has 0 saturated carbocycles. The zero-order valence-electron chi connectivity index (χ0n) is 13.4. The van der Waals surface area contributed by atoms with Crippen LogP contribution in [0.15, 0.2) is 18.3 Å². The Hall–Kier alpha value is -1.13. The molecule has 2 N–H and O–H groups in total. The number of nitrogens with one attached hydrogen (secondary N) is 1. The van der Waals surface area contributed by atoms with E-state index in [0.717, 1.165) is 38.3 Å². The standard InChI is InChI=1S/C17H29N3O/c1-3-9-18-14(2)16-7-4-10-19-17(16)20-11-5-6-15(13-20)8-12-21/h4,7,10,14-15,18,21H,3,5-6,8-9,11-13H2,1-2H3. The number of pyridine rings is 1. The molecule has 0 amide bonds. The fraction of sp³-hybridized carbons (Fsp3) is 0.706. The van der Waals surface area contributed by atoms with Gasteiger partial charge in [-0.25, -0.2) is 4.98 Å². The molecular weight excluding hydrogens is 262 g/mol. The first-order chi connectivity index (χ1) is 10.3. The largest absolute Gasteiger partial charge is 0.396 e. The summed E-state index contributed by atoms with van der Waals surface area (Å²) in [6.07, 6.45) is 6.35. The third-order valence-electron chi connectivity index (χ3n) is 4.34. The van der Waals surface area contributed by atoms with Crippen molar-refractivity contribution in [1.29, 1.82) is 0 Å². The van der Waals surface area contributed by atoms with Crippen molar-refractivity contribution < 1.29 is 5.11 Å². The molecule has 0 radical (unpaired) electrons. The van der Waals surface area contributed by atoms with Gasteiger partial charge in [-0.1, -0.05) is 13.0 Å². The second-order valence-electron chi connectivity index (χ2n) is 6.06. The zero-order valence-corrected chi connectivity index (χ0v) is 13.4. The summed E-state index contributed by atoms with van der Waals surface area (Å²) >= 11 is 0. The number of aliphatic hydroxyl groups excluding tert-OH is 1. The lowest BCUT2D eigenvalue weighted by Crippen LogP contribution is -2.37. The maximum Gasteiger partial charge on any atom is 0.133 e. The molecular formula is C17H29N3O. The molecule has 2 heterocycles. The number of rotatable bonds is 7. The molecule has 0 aliphatic carbocycles. The minimum atomic E-state index is 0.294. The van der Waals surface area contributed by atoms with E-state index in [1.165, 1.54) is 18.4 Å². The van der Waals surface area contributed by atoms with Gasteiger partial charge >= 0.3 is 0 Å². The van der Waals surface area contributed by atoms with Gasteiger partial charge in [0.05, 0.1) is 0 Å². The number of aliphatic hydroxyl groups is 1. The smallest absolute Gasteiger partial charge is 0.133 e. The van der Waals surface area contributed by atoms with Crippen molar-refractivity contribution in [1.82, 2.24) is 10.3 Å². The molecule has 2 atom stereocenters. The minimum absolute atomic E-state index is 0.294. The van der Waals surface area contributed by atoms with Gasteiger partial charge in [-0.15, -0.1) is 0 Å². The Morgan fingerprint density at radius 2 is 2.38 bits per heavy atom. The quantitative estimate of drug-likeness (QED) is 0.811. The first kappa shape index (κ1) is 16.2. The summed E-state index contributed by atoms with van der Waals surface area (Å²) in [5, 5.41) is 12.7. The summed E-state index contributed by atoms with van der Waals surface area (Å²) in [5.41, 5.74) is 1.29. The summed E-state index contributed by atoms with van der Waals surface area (Å²) in [6, 6.07) is 4.54. The lowest BCUT2D eigenvalue weighted by molar-refractivity contribution is 0.244. The van der Waals surface area contributed by atoms with Crippen LogP contribution in [0.5, 0.6) is 0 Å². The molecule has 21 heavy (non-hydrogen) atoms. The Morgan fingerprint density at radius 3 is 3.14 bits per heavy atom. The lowest BCUT2D eigenvalue weighted by atomic mass is 9.94. The zero-order chi connectivity index (χ0) is 15.1. The van der Waals surface area contributed by atoms with E-state index in [0.29, 0.717) is 18.6 Å². The second-order valence-corrected chi connectivity index (χ2v) is 6.06. The number of piperidine rings is 1. The predicted octanol–water partition coefficient (Wildman–Crippen LogP) is 2.74. The Balaban J connectivity index is 2.11. The van der Waals surface area contributed by atoms with E-state index in [1.807, 2.05) is 12.3 Å². The number of hydrogen-bond donors (Lipinski definition) is 2. The van der Waals surface area contributed by atoms with Crippen LogP contribution in [-0.4, -0.2) is 36.3 Å². The molecule has 1 aromatic rings. The van der Waals surface area contributed by atoms with Crippen molar-refractivity contribution in [3.05, 3.63) is 23.9 Å². The molecule has 4 nitrogen and oxygen atoms in total. The van der Waals surface area contributed by atoms with Crippen molar-refractivity contribution in [3.63, 3.8) is 0 Å². The van der Waals surface area contributed by atoms with Crippen LogP contribution in [0.25, 0.3) is 0 Å². The number of nitrogens with zero attached hydrogens (tertiary/aromatic N) is 2. The lowest BCUT2D eigenvalue weighted by Gasteiger charge is -2.35. The van der Waals surface area contributed by atoms with Gasteiger partial charge in [0.25, 0.3) is 0 Å². The second kappa shape index (κ2) is 8.35. The van der Waals surface area contributed by atoms with Gasteiger partial charge in [0.15, 0.2) is 0 Å². The van der Waals surface area contributed by atoms with Gasteiger partial charge in [-0.05, 0) is 51.1 Å². The first-order valence-electron chi connectivity index (χ1n) is 8.30. The van der Waals surface area contributed by atoms with Crippen LogP contribution in [0.2, 0.25) is 0 Å². The van der Waals surface area contributed by atoms with E-state index in [4.69, 9.17) is 0 Å². The highest BCUT2D eigenvalue weighted by Crippen LogP contribution is 2.29. The van der Waals surface area contributed by atoms with Gasteiger partial charge in [-0.2, -0.15) is 0 Å². The van der Waals surface area contributed by atoms with Crippen LogP contribution in [0, 0.1) is 5.92 Å². The Morgan fingerprint density at radius 1 is 1.52 bits per heavy atom. The molecule has 0 aromatic carbocycles. The van der Waals surface area contributed by atoms with Gasteiger partial charge < -0.3 is 15.3 Å². The highest BCUT2D eigenvalue weighted by molar-refractivity contribution is 5.48. The maximum absolute atomic E-state index is 9.17. The molecule has 2 unspecified atom stereocenters. The topological polar surface area (TPSA) is 48.4 Å². The summed E-state index contributed by atoms with van der Waals surface area (Å²) in [6.45, 7) is 7.82. The van der Waals surface area contributed by atoms with Crippen molar-refractivity contribution in [2.45, 2.75) is 45.6 Å². The fourth-order valence-electron chi connectivity index (χ4n) is 3.16. The van der Waals surface area contributed by atoms with E-state index in [9.17, 15) is 5.11 Å². The molecule has 0 spiro atoms. The summed E-state index contributed by atoms with van der Waals surface area (Å²) in [7, 11) is 0. The highest BCUT2D eigenvalue weighted by Gasteiger charge is 2.23. The minimum Gasteiger partial charge on any atom is -0.396 e. The van der Waals surface area contributed by atoms with Crippen molar-refractivity contribution in [3.8, 4) is 0 Å². The van der Waals surface area contributed by atoms with Crippen LogP contribution >= 0.6 is 0 Å². The molecule has 1 saturated heterocycles. The Bertz CT molecular complexity index is 422. The average molecular weight is 291 g/mol. The first-order valence-corrected chi connectivity index (χ1v) is 8.30. The van der Waals surface area contributed by atoms with Crippen LogP contribution in [0.3, 0.4) is 0 Å². The van der Waals surface area contributed by atoms with Crippen LogP contribution in [-0.2, 0) is 0 Å². The number of anilines is 1. The number of hydrogen-bond acceptors (Lipinski definition) is 4. The van der Waals surface area contributed by atoms with Crippen molar-refractivity contribution in [2.75, 3.05) is 31.1 Å². The predicted molar refractivity (Wildman–Crippen MR) is 87.6 cm³/mol. The Kier molecular flexibility index (Phi) is 6.46. The highest BCUT2D eigenvalue weighted by atomic mass is 16.3. The van der Waals surface area contributed by atoms with Crippen molar-refractivity contribution >= 4 is 5.82 Å².